The molecule has 4 rings (SSSR count). The van der Waals surface area contributed by atoms with Gasteiger partial charge < -0.3 is 15.2 Å². The Bertz CT molecular complexity index is 981. The Balaban J connectivity index is 1.44. The molecule has 1 aromatic carbocycles. The van der Waals surface area contributed by atoms with Crippen LogP contribution in [0.4, 0.5) is 4.79 Å². The van der Waals surface area contributed by atoms with Gasteiger partial charge >= 0.3 is 6.03 Å². The maximum absolute atomic E-state index is 12.9. The SMILES string of the molecule is Cn1ccnc1[C@H](NC(=O)CCN1C(=O)NC2(CCCCC2)C1=O)c1ccc(Cl)cc1. The molecule has 9 heteroatoms. The molecule has 1 saturated carbocycles. The third kappa shape index (κ3) is 4.30. The molecule has 2 aromatic rings. The van der Waals surface area contributed by atoms with Gasteiger partial charge in [0.25, 0.3) is 5.91 Å². The van der Waals surface area contributed by atoms with E-state index >= 15 is 0 Å². The first-order chi connectivity index (χ1) is 14.9. The van der Waals surface area contributed by atoms with E-state index in [9.17, 15) is 14.4 Å². The molecule has 1 spiro atoms. The smallest absolute Gasteiger partial charge is 0.325 e. The fraction of sp³-hybridized carbons (Fsp3) is 0.455. The summed E-state index contributed by atoms with van der Waals surface area (Å²) < 4.78 is 1.84. The van der Waals surface area contributed by atoms with Gasteiger partial charge in [0.2, 0.25) is 5.91 Å². The van der Waals surface area contributed by atoms with Crippen LogP contribution >= 0.6 is 11.6 Å². The lowest BCUT2D eigenvalue weighted by Crippen LogP contribution is -2.48. The fourth-order valence-corrected chi connectivity index (χ4v) is 4.55. The Morgan fingerprint density at radius 2 is 1.94 bits per heavy atom. The fourth-order valence-electron chi connectivity index (χ4n) is 4.43. The standard InChI is InChI=1S/C22H26ClN5O3/c1-27-14-12-24-19(27)18(15-5-7-16(23)8-6-15)25-17(29)9-13-28-20(30)22(26-21(28)31)10-3-2-4-11-22/h5-8,12,14,18H,2-4,9-11,13H2,1H3,(H,25,29)(H,26,31)/t18-/m1/s1. The third-order valence-corrected chi connectivity index (χ3v) is 6.39. The average molecular weight is 444 g/mol. The molecule has 1 aromatic heterocycles. The van der Waals surface area contributed by atoms with Crippen molar-refractivity contribution in [3.63, 3.8) is 0 Å². The van der Waals surface area contributed by atoms with Crippen LogP contribution in [-0.4, -0.2) is 44.4 Å². The number of carbonyl (C=O) groups is 3. The van der Waals surface area contributed by atoms with Crippen LogP contribution in [0, 0.1) is 0 Å². The summed E-state index contributed by atoms with van der Waals surface area (Å²) in [4.78, 5) is 43.7. The van der Waals surface area contributed by atoms with E-state index in [0.717, 1.165) is 24.8 Å². The summed E-state index contributed by atoms with van der Waals surface area (Å²) in [6, 6.07) is 6.32. The largest absolute Gasteiger partial charge is 0.342 e. The molecule has 0 unspecified atom stereocenters. The van der Waals surface area contributed by atoms with Gasteiger partial charge in [-0.15, -0.1) is 0 Å². The van der Waals surface area contributed by atoms with E-state index in [0.29, 0.717) is 23.7 Å². The van der Waals surface area contributed by atoms with Crippen molar-refractivity contribution in [2.75, 3.05) is 6.54 Å². The summed E-state index contributed by atoms with van der Waals surface area (Å²) in [6.45, 7) is 0.0478. The van der Waals surface area contributed by atoms with Crippen molar-refractivity contribution in [1.29, 1.82) is 0 Å². The lowest BCUT2D eigenvalue weighted by atomic mass is 9.82. The number of nitrogens with zero attached hydrogens (tertiary/aromatic N) is 3. The van der Waals surface area contributed by atoms with Crippen molar-refractivity contribution in [1.82, 2.24) is 25.1 Å². The monoisotopic (exact) mass is 443 g/mol. The first-order valence-corrected chi connectivity index (χ1v) is 10.9. The van der Waals surface area contributed by atoms with Crippen LogP contribution in [0.1, 0.15) is 56.0 Å². The van der Waals surface area contributed by atoms with Gasteiger partial charge in [-0.1, -0.05) is 43.0 Å². The second kappa shape index (κ2) is 8.70. The highest BCUT2D eigenvalue weighted by Crippen LogP contribution is 2.33. The van der Waals surface area contributed by atoms with E-state index in [1.165, 1.54) is 4.90 Å². The Labute approximate surface area is 186 Å². The van der Waals surface area contributed by atoms with Gasteiger partial charge in [0.05, 0.1) is 0 Å². The lowest BCUT2D eigenvalue weighted by Gasteiger charge is -2.30. The number of hydrogen-bond acceptors (Lipinski definition) is 4. The molecular formula is C22H26ClN5O3. The predicted octanol–water partition coefficient (Wildman–Crippen LogP) is 2.92. The number of aromatic nitrogens is 2. The minimum absolute atomic E-state index is 0.0176. The van der Waals surface area contributed by atoms with Gasteiger partial charge in [0, 0.05) is 37.4 Å². The number of urea groups is 1. The summed E-state index contributed by atoms with van der Waals surface area (Å²) in [5.74, 6) is 0.198. The predicted molar refractivity (Wildman–Crippen MR) is 115 cm³/mol. The highest BCUT2D eigenvalue weighted by atomic mass is 35.5. The van der Waals surface area contributed by atoms with E-state index in [-0.39, 0.29) is 24.8 Å². The molecule has 1 aliphatic carbocycles. The Hall–Kier alpha value is -2.87. The third-order valence-electron chi connectivity index (χ3n) is 6.14. The van der Waals surface area contributed by atoms with E-state index in [4.69, 9.17) is 11.6 Å². The number of amides is 4. The van der Waals surface area contributed by atoms with E-state index in [1.54, 1.807) is 24.5 Å². The average Bonchev–Trinajstić information content (AvgIpc) is 3.27. The molecule has 0 bridgehead atoms. The summed E-state index contributed by atoms with van der Waals surface area (Å²) in [6.07, 6.45) is 7.74. The van der Waals surface area contributed by atoms with Crippen molar-refractivity contribution in [2.45, 2.75) is 50.1 Å². The number of halogens is 1. The van der Waals surface area contributed by atoms with Gasteiger partial charge in [0.15, 0.2) is 0 Å². The molecule has 1 aliphatic heterocycles. The first-order valence-electron chi connectivity index (χ1n) is 10.6. The quantitative estimate of drug-likeness (QED) is 0.671. The molecule has 0 radical (unpaired) electrons. The number of imidazole rings is 1. The molecule has 2 aliphatic rings. The number of benzene rings is 1. The first kappa shape index (κ1) is 21.4. The molecule has 31 heavy (non-hydrogen) atoms. The van der Waals surface area contributed by atoms with Crippen LogP contribution in [0.2, 0.25) is 5.02 Å². The van der Waals surface area contributed by atoms with Crippen molar-refractivity contribution in [3.05, 3.63) is 53.1 Å². The minimum atomic E-state index is -0.773. The summed E-state index contributed by atoms with van der Waals surface area (Å²) in [5.41, 5.74) is 0.0631. The van der Waals surface area contributed by atoms with Crippen molar-refractivity contribution >= 4 is 29.4 Å². The normalized spacial score (nSPS) is 18.8. The van der Waals surface area contributed by atoms with Crippen molar-refractivity contribution < 1.29 is 14.4 Å². The Morgan fingerprint density at radius 3 is 2.58 bits per heavy atom. The Kier molecular flexibility index (Phi) is 6.00. The maximum atomic E-state index is 12.9. The van der Waals surface area contributed by atoms with Crippen LogP contribution in [-0.2, 0) is 16.6 Å². The number of rotatable bonds is 6. The zero-order valence-corrected chi connectivity index (χ0v) is 18.2. The number of carbonyl (C=O) groups excluding carboxylic acids is 3. The maximum Gasteiger partial charge on any atom is 0.325 e. The topological polar surface area (TPSA) is 96.3 Å². The molecule has 1 atom stereocenters. The minimum Gasteiger partial charge on any atom is -0.342 e. The Morgan fingerprint density at radius 1 is 1.23 bits per heavy atom. The van der Waals surface area contributed by atoms with Gasteiger partial charge in [-0.25, -0.2) is 9.78 Å². The number of imide groups is 1. The van der Waals surface area contributed by atoms with Crippen LogP contribution in [0.3, 0.4) is 0 Å². The zero-order valence-electron chi connectivity index (χ0n) is 17.4. The van der Waals surface area contributed by atoms with Gasteiger partial charge in [-0.3, -0.25) is 14.5 Å². The molecule has 2 heterocycles. The van der Waals surface area contributed by atoms with Gasteiger partial charge in [-0.2, -0.15) is 0 Å². The van der Waals surface area contributed by atoms with Gasteiger partial charge in [-0.05, 0) is 30.5 Å². The van der Waals surface area contributed by atoms with E-state index in [1.807, 2.05) is 23.7 Å². The molecule has 164 valence electrons. The molecular weight excluding hydrogens is 418 g/mol. The molecule has 2 fully saturated rings. The molecule has 8 nitrogen and oxygen atoms in total. The molecule has 2 N–H and O–H groups in total. The van der Waals surface area contributed by atoms with Gasteiger partial charge in [0.1, 0.15) is 17.4 Å². The van der Waals surface area contributed by atoms with Crippen LogP contribution in [0.5, 0.6) is 0 Å². The number of aryl methyl sites for hydroxylation is 1. The highest BCUT2D eigenvalue weighted by molar-refractivity contribution is 6.30. The molecule has 4 amide bonds. The zero-order chi connectivity index (χ0) is 22.0. The van der Waals surface area contributed by atoms with Crippen LogP contribution < -0.4 is 10.6 Å². The second-order valence-corrected chi connectivity index (χ2v) is 8.66. The number of hydrogen-bond donors (Lipinski definition) is 2. The number of nitrogens with one attached hydrogen (secondary N) is 2. The highest BCUT2D eigenvalue weighted by Gasteiger charge is 2.51. The van der Waals surface area contributed by atoms with E-state index in [2.05, 4.69) is 15.6 Å². The second-order valence-electron chi connectivity index (χ2n) is 8.23. The summed E-state index contributed by atoms with van der Waals surface area (Å²) in [7, 11) is 1.86. The summed E-state index contributed by atoms with van der Waals surface area (Å²) in [5, 5.41) is 6.46. The summed E-state index contributed by atoms with van der Waals surface area (Å²) >= 11 is 6.01. The van der Waals surface area contributed by atoms with Crippen molar-refractivity contribution in [2.24, 2.45) is 7.05 Å². The van der Waals surface area contributed by atoms with Crippen molar-refractivity contribution in [3.8, 4) is 0 Å². The van der Waals surface area contributed by atoms with Crippen LogP contribution in [0.25, 0.3) is 0 Å². The molecule has 1 saturated heterocycles. The van der Waals surface area contributed by atoms with E-state index < -0.39 is 17.6 Å². The van der Waals surface area contributed by atoms with Crippen LogP contribution in [0.15, 0.2) is 36.7 Å². The lowest BCUT2D eigenvalue weighted by molar-refractivity contribution is -0.132.